The molecule has 0 bridgehead atoms. The van der Waals surface area contributed by atoms with Gasteiger partial charge in [-0.1, -0.05) is 23.7 Å². The van der Waals surface area contributed by atoms with Crippen LogP contribution in [0.3, 0.4) is 0 Å². The van der Waals surface area contributed by atoms with Crippen molar-refractivity contribution in [2.45, 2.75) is 32.4 Å². The Morgan fingerprint density at radius 3 is 2.52 bits per heavy atom. The van der Waals surface area contributed by atoms with E-state index in [1.165, 1.54) is 0 Å². The minimum Gasteiger partial charge on any atom is -0.391 e. The van der Waals surface area contributed by atoms with Crippen molar-refractivity contribution in [2.24, 2.45) is 7.05 Å². The summed E-state index contributed by atoms with van der Waals surface area (Å²) in [4.78, 5) is 14.8. The van der Waals surface area contributed by atoms with E-state index >= 15 is 0 Å². The van der Waals surface area contributed by atoms with Crippen LogP contribution < -0.4 is 0 Å². The lowest BCUT2D eigenvalue weighted by Gasteiger charge is -2.27. The van der Waals surface area contributed by atoms with Gasteiger partial charge in [-0.3, -0.25) is 9.48 Å². The first-order valence-electron chi connectivity index (χ1n) is 7.65. The smallest absolute Gasteiger partial charge is 0.258 e. The second-order valence-corrected chi connectivity index (χ2v) is 6.46. The number of aliphatic hydroxyl groups excluding tert-OH is 1. The average molecular weight is 334 g/mol. The number of nitrogens with zero attached hydrogens (tertiary/aromatic N) is 3. The van der Waals surface area contributed by atoms with Crippen molar-refractivity contribution >= 4 is 17.5 Å². The van der Waals surface area contributed by atoms with Gasteiger partial charge in [0.05, 0.1) is 23.4 Å². The summed E-state index contributed by atoms with van der Waals surface area (Å²) in [7, 11) is 1.83. The van der Waals surface area contributed by atoms with Gasteiger partial charge in [-0.2, -0.15) is 5.10 Å². The Bertz CT molecular complexity index is 739. The second-order valence-electron chi connectivity index (χ2n) is 6.02. The number of rotatable bonds is 2. The van der Waals surface area contributed by atoms with Crippen LogP contribution in [0.1, 0.15) is 39.8 Å². The van der Waals surface area contributed by atoms with Crippen molar-refractivity contribution in [1.29, 1.82) is 0 Å². The van der Waals surface area contributed by atoms with Crippen LogP contribution >= 0.6 is 11.6 Å². The molecule has 23 heavy (non-hydrogen) atoms. The first kappa shape index (κ1) is 16.0. The van der Waals surface area contributed by atoms with Crippen LogP contribution in [0.5, 0.6) is 0 Å². The van der Waals surface area contributed by atoms with E-state index in [0.29, 0.717) is 29.2 Å². The summed E-state index contributed by atoms with van der Waals surface area (Å²) in [5, 5.41) is 15.3. The normalized spacial score (nSPS) is 21.0. The van der Waals surface area contributed by atoms with Gasteiger partial charge in [-0.15, -0.1) is 0 Å². The highest BCUT2D eigenvalue weighted by molar-refractivity contribution is 6.30. The van der Waals surface area contributed by atoms with Gasteiger partial charge in [0, 0.05) is 24.3 Å². The fourth-order valence-corrected chi connectivity index (χ4v) is 3.42. The highest BCUT2D eigenvalue weighted by Gasteiger charge is 2.38. The summed E-state index contributed by atoms with van der Waals surface area (Å²) in [6.45, 7) is 4.25. The van der Waals surface area contributed by atoms with Crippen LogP contribution in [0.2, 0.25) is 5.02 Å². The third-order valence-electron chi connectivity index (χ3n) is 4.56. The average Bonchev–Trinajstić information content (AvgIpc) is 3.00. The third-order valence-corrected chi connectivity index (χ3v) is 4.81. The van der Waals surface area contributed by atoms with Crippen LogP contribution in [0, 0.1) is 13.8 Å². The molecule has 0 spiro atoms. The van der Waals surface area contributed by atoms with Crippen LogP contribution in [-0.2, 0) is 7.05 Å². The van der Waals surface area contributed by atoms with Crippen molar-refractivity contribution in [3.63, 3.8) is 0 Å². The van der Waals surface area contributed by atoms with E-state index in [4.69, 9.17) is 11.6 Å². The van der Waals surface area contributed by atoms with Gasteiger partial charge in [0.2, 0.25) is 0 Å². The summed E-state index contributed by atoms with van der Waals surface area (Å²) in [6.07, 6.45) is -0.00499. The number of hydrogen-bond donors (Lipinski definition) is 1. The number of hydrogen-bond acceptors (Lipinski definition) is 3. The second kappa shape index (κ2) is 5.98. The molecule has 0 radical (unpaired) electrons. The number of carbonyl (C=O) groups excluding carboxylic acids is 1. The Morgan fingerprint density at radius 1 is 1.30 bits per heavy atom. The molecule has 1 amide bonds. The minimum atomic E-state index is -0.572. The van der Waals surface area contributed by atoms with E-state index < -0.39 is 6.10 Å². The van der Waals surface area contributed by atoms with Crippen molar-refractivity contribution in [3.8, 4) is 0 Å². The zero-order valence-electron chi connectivity index (χ0n) is 13.5. The molecule has 2 atom stereocenters. The number of likely N-dealkylation sites (tertiary alicyclic amines) is 1. The molecule has 0 aliphatic carbocycles. The summed E-state index contributed by atoms with van der Waals surface area (Å²) in [6, 6.07) is 6.95. The summed E-state index contributed by atoms with van der Waals surface area (Å²) < 4.78 is 1.71. The van der Waals surface area contributed by atoms with Crippen LogP contribution in [0.25, 0.3) is 0 Å². The van der Waals surface area contributed by atoms with E-state index in [1.54, 1.807) is 21.7 Å². The highest BCUT2D eigenvalue weighted by Crippen LogP contribution is 2.34. The number of aromatic nitrogens is 2. The number of halogens is 1. The Hall–Kier alpha value is -1.85. The molecule has 1 aliphatic rings. The minimum absolute atomic E-state index is 0.0791. The van der Waals surface area contributed by atoms with Gasteiger partial charge in [-0.05, 0) is 38.0 Å². The van der Waals surface area contributed by atoms with E-state index in [2.05, 4.69) is 5.10 Å². The molecule has 6 heteroatoms. The van der Waals surface area contributed by atoms with Gasteiger partial charge in [0.25, 0.3) is 5.91 Å². The van der Waals surface area contributed by atoms with Crippen molar-refractivity contribution in [3.05, 3.63) is 51.8 Å². The maximum absolute atomic E-state index is 13.0. The molecule has 1 saturated heterocycles. The number of amides is 1. The maximum atomic E-state index is 13.0. The molecule has 2 heterocycles. The maximum Gasteiger partial charge on any atom is 0.258 e. The summed E-state index contributed by atoms with van der Waals surface area (Å²) in [5.41, 5.74) is 3.07. The number of aryl methyl sites for hydroxylation is 2. The quantitative estimate of drug-likeness (QED) is 0.919. The lowest BCUT2D eigenvalue weighted by Crippen LogP contribution is -2.34. The zero-order chi connectivity index (χ0) is 16.7. The lowest BCUT2D eigenvalue weighted by atomic mass is 10.0. The SMILES string of the molecule is Cc1nn(C)c(C)c1C(=O)N1CC[C@@H](O)[C@H]1c1ccc(Cl)cc1. The van der Waals surface area contributed by atoms with Gasteiger partial charge < -0.3 is 10.0 Å². The topological polar surface area (TPSA) is 58.4 Å². The standard InChI is InChI=1S/C17H20ClN3O2/c1-10-15(11(2)20(3)19-10)17(23)21-9-8-14(22)16(21)12-4-6-13(18)7-5-12/h4-7,14,16,22H,8-9H2,1-3H3/t14-,16-/m1/s1. The molecular weight excluding hydrogens is 314 g/mol. The number of carbonyl (C=O) groups is 1. The Morgan fingerprint density at radius 2 is 1.96 bits per heavy atom. The molecule has 1 N–H and O–H groups in total. The summed E-state index contributed by atoms with van der Waals surface area (Å²) in [5.74, 6) is -0.0791. The van der Waals surface area contributed by atoms with Crippen molar-refractivity contribution < 1.29 is 9.90 Å². The largest absolute Gasteiger partial charge is 0.391 e. The molecule has 122 valence electrons. The third kappa shape index (κ3) is 2.75. The molecule has 1 aliphatic heterocycles. The first-order valence-corrected chi connectivity index (χ1v) is 8.02. The molecule has 5 nitrogen and oxygen atoms in total. The van der Waals surface area contributed by atoms with E-state index in [0.717, 1.165) is 11.3 Å². The van der Waals surface area contributed by atoms with Crippen molar-refractivity contribution in [2.75, 3.05) is 6.54 Å². The zero-order valence-corrected chi connectivity index (χ0v) is 14.2. The van der Waals surface area contributed by atoms with Gasteiger partial charge in [-0.25, -0.2) is 0 Å². The lowest BCUT2D eigenvalue weighted by molar-refractivity contribution is 0.0636. The summed E-state index contributed by atoms with van der Waals surface area (Å²) >= 11 is 5.94. The predicted molar refractivity (Wildman–Crippen MR) is 88.5 cm³/mol. The fourth-order valence-electron chi connectivity index (χ4n) is 3.29. The van der Waals surface area contributed by atoms with E-state index in [1.807, 2.05) is 33.0 Å². The Kier molecular flexibility index (Phi) is 4.17. The van der Waals surface area contributed by atoms with Crippen molar-refractivity contribution in [1.82, 2.24) is 14.7 Å². The number of benzene rings is 1. The molecule has 3 rings (SSSR count). The van der Waals surface area contributed by atoms with Crippen LogP contribution in [0.4, 0.5) is 0 Å². The van der Waals surface area contributed by atoms with Gasteiger partial charge in [0.1, 0.15) is 0 Å². The number of aliphatic hydroxyl groups is 1. The fraction of sp³-hybridized carbons (Fsp3) is 0.412. The Balaban J connectivity index is 1.97. The highest BCUT2D eigenvalue weighted by atomic mass is 35.5. The predicted octanol–water partition coefficient (Wildman–Crippen LogP) is 2.64. The van der Waals surface area contributed by atoms with Gasteiger partial charge in [0.15, 0.2) is 0 Å². The monoisotopic (exact) mass is 333 g/mol. The molecule has 2 aromatic rings. The molecule has 1 aromatic heterocycles. The van der Waals surface area contributed by atoms with Crippen LogP contribution in [-0.4, -0.2) is 38.3 Å². The van der Waals surface area contributed by atoms with E-state index in [-0.39, 0.29) is 11.9 Å². The molecule has 1 aromatic carbocycles. The molecule has 0 saturated carbocycles. The van der Waals surface area contributed by atoms with E-state index in [9.17, 15) is 9.90 Å². The first-order chi connectivity index (χ1) is 10.9. The molecule has 1 fully saturated rings. The van der Waals surface area contributed by atoms with Gasteiger partial charge >= 0.3 is 0 Å². The van der Waals surface area contributed by atoms with Crippen LogP contribution in [0.15, 0.2) is 24.3 Å². The molecule has 0 unspecified atom stereocenters. The molecular formula is C17H20ClN3O2. The Labute approximate surface area is 140 Å².